The Morgan fingerprint density at radius 1 is 1.24 bits per heavy atom. The van der Waals surface area contributed by atoms with Crippen LogP contribution < -0.4 is 10.8 Å². The van der Waals surface area contributed by atoms with Crippen molar-refractivity contribution in [3.05, 3.63) is 30.3 Å². The van der Waals surface area contributed by atoms with Crippen LogP contribution in [0.25, 0.3) is 0 Å². The summed E-state index contributed by atoms with van der Waals surface area (Å²) in [6.07, 6.45) is -4.46. The van der Waals surface area contributed by atoms with Gasteiger partial charge >= 0.3 is 6.18 Å². The second-order valence-corrected chi connectivity index (χ2v) is 3.15. The molecule has 7 heteroatoms. The molecule has 4 nitrogen and oxygen atoms in total. The van der Waals surface area contributed by atoms with Crippen molar-refractivity contribution in [2.24, 2.45) is 0 Å². The van der Waals surface area contributed by atoms with Crippen LogP contribution >= 0.6 is 0 Å². The summed E-state index contributed by atoms with van der Waals surface area (Å²) in [5.74, 6) is -0.682. The van der Waals surface area contributed by atoms with Crippen LogP contribution in [0.3, 0.4) is 0 Å². The van der Waals surface area contributed by atoms with E-state index in [-0.39, 0.29) is 6.54 Å². The van der Waals surface area contributed by atoms with Gasteiger partial charge in [0, 0.05) is 5.69 Å². The fourth-order valence-corrected chi connectivity index (χ4v) is 0.973. The number of carbonyl (C=O) groups is 1. The highest BCUT2D eigenvalue weighted by Crippen LogP contribution is 2.13. The molecule has 0 spiro atoms. The number of halogens is 3. The van der Waals surface area contributed by atoms with Gasteiger partial charge in [-0.2, -0.15) is 13.2 Å². The first-order valence-corrected chi connectivity index (χ1v) is 4.74. The second-order valence-electron chi connectivity index (χ2n) is 3.15. The lowest BCUT2D eigenvalue weighted by molar-refractivity contribution is -0.191. The van der Waals surface area contributed by atoms with E-state index in [1.54, 1.807) is 35.8 Å². The Morgan fingerprint density at radius 3 is 2.47 bits per heavy atom. The monoisotopic (exact) mass is 248 g/mol. The first-order chi connectivity index (χ1) is 7.97. The summed E-state index contributed by atoms with van der Waals surface area (Å²) in [7, 11) is 0. The molecular formula is C10H11F3N2O2. The van der Waals surface area contributed by atoms with Crippen LogP contribution in [-0.2, 0) is 9.63 Å². The molecule has 0 aliphatic rings. The van der Waals surface area contributed by atoms with Gasteiger partial charge < -0.3 is 5.32 Å². The molecule has 17 heavy (non-hydrogen) atoms. The number of nitrogens with one attached hydrogen (secondary N) is 2. The molecule has 0 bridgehead atoms. The molecule has 0 heterocycles. The van der Waals surface area contributed by atoms with Crippen LogP contribution in [0.15, 0.2) is 30.3 Å². The highest BCUT2D eigenvalue weighted by atomic mass is 19.4. The molecule has 0 atom stereocenters. The van der Waals surface area contributed by atoms with Crippen LogP contribution in [0.5, 0.6) is 0 Å². The summed E-state index contributed by atoms with van der Waals surface area (Å²) >= 11 is 0. The van der Waals surface area contributed by atoms with E-state index in [9.17, 15) is 18.0 Å². The highest BCUT2D eigenvalue weighted by Gasteiger charge is 2.28. The molecule has 1 rings (SSSR count). The molecule has 2 N–H and O–H groups in total. The summed E-state index contributed by atoms with van der Waals surface area (Å²) in [5.41, 5.74) is 2.38. The first-order valence-electron chi connectivity index (χ1n) is 4.74. The molecule has 0 fully saturated rings. The number of carbonyl (C=O) groups excluding carboxylic acids is 1. The third kappa shape index (κ3) is 6.41. The summed E-state index contributed by atoms with van der Waals surface area (Å²) in [6, 6.07) is 8.78. The van der Waals surface area contributed by atoms with Crippen LogP contribution in [0, 0.1) is 0 Å². The summed E-state index contributed by atoms with van der Waals surface area (Å²) in [5, 5.41) is 2.72. The highest BCUT2D eigenvalue weighted by molar-refractivity contribution is 5.79. The lowest BCUT2D eigenvalue weighted by Gasteiger charge is -2.09. The van der Waals surface area contributed by atoms with Gasteiger partial charge in [0.2, 0.25) is 0 Å². The SMILES string of the molecule is O=C(CNc1ccccc1)NOCC(F)(F)F. The topological polar surface area (TPSA) is 50.4 Å². The van der Waals surface area contributed by atoms with Crippen molar-refractivity contribution in [2.45, 2.75) is 6.18 Å². The predicted molar refractivity (Wildman–Crippen MR) is 55.1 cm³/mol. The maximum absolute atomic E-state index is 11.7. The Balaban J connectivity index is 2.18. The minimum absolute atomic E-state index is 0.165. The van der Waals surface area contributed by atoms with Gasteiger partial charge in [-0.05, 0) is 12.1 Å². The van der Waals surface area contributed by atoms with Crippen LogP contribution in [0.2, 0.25) is 0 Å². The van der Waals surface area contributed by atoms with Crippen molar-refractivity contribution in [3.8, 4) is 0 Å². The molecule has 1 aromatic rings. The van der Waals surface area contributed by atoms with E-state index in [2.05, 4.69) is 10.2 Å². The molecule has 94 valence electrons. The van der Waals surface area contributed by atoms with Gasteiger partial charge in [0.25, 0.3) is 5.91 Å². The Kier molecular flexibility index (Phi) is 4.77. The van der Waals surface area contributed by atoms with E-state index in [0.29, 0.717) is 5.69 Å². The quantitative estimate of drug-likeness (QED) is 0.780. The number of para-hydroxylation sites is 1. The molecule has 0 saturated heterocycles. The molecular weight excluding hydrogens is 237 g/mol. The largest absolute Gasteiger partial charge is 0.414 e. The number of rotatable bonds is 5. The zero-order valence-corrected chi connectivity index (χ0v) is 8.75. The third-order valence-corrected chi connectivity index (χ3v) is 1.65. The molecule has 1 amide bonds. The van der Waals surface area contributed by atoms with Crippen molar-refractivity contribution < 1.29 is 22.8 Å². The van der Waals surface area contributed by atoms with Crippen molar-refractivity contribution in [1.82, 2.24) is 5.48 Å². The number of hydrogen-bond acceptors (Lipinski definition) is 3. The molecule has 0 saturated carbocycles. The second kappa shape index (κ2) is 6.09. The minimum atomic E-state index is -4.46. The van der Waals surface area contributed by atoms with Gasteiger partial charge in [0.1, 0.15) is 0 Å². The summed E-state index contributed by atoms with van der Waals surface area (Å²) < 4.78 is 35.0. The maximum atomic E-state index is 11.7. The number of amides is 1. The average molecular weight is 248 g/mol. The van der Waals surface area contributed by atoms with Crippen LogP contribution in [0.1, 0.15) is 0 Å². The fraction of sp³-hybridized carbons (Fsp3) is 0.300. The predicted octanol–water partition coefficient (Wildman–Crippen LogP) is 1.71. The maximum Gasteiger partial charge on any atom is 0.414 e. The number of alkyl halides is 3. The van der Waals surface area contributed by atoms with Gasteiger partial charge in [-0.3, -0.25) is 9.63 Å². The smallest absolute Gasteiger partial charge is 0.376 e. The Bertz CT molecular complexity index is 354. The molecule has 0 unspecified atom stereocenters. The van der Waals surface area contributed by atoms with E-state index in [4.69, 9.17) is 0 Å². The Morgan fingerprint density at radius 2 is 1.88 bits per heavy atom. The van der Waals surface area contributed by atoms with E-state index >= 15 is 0 Å². The van der Waals surface area contributed by atoms with E-state index in [0.717, 1.165) is 0 Å². The molecule has 0 aliphatic carbocycles. The van der Waals surface area contributed by atoms with Gasteiger partial charge in [0.05, 0.1) is 6.54 Å². The summed E-state index contributed by atoms with van der Waals surface area (Å²) in [4.78, 5) is 15.0. The number of benzene rings is 1. The van der Waals surface area contributed by atoms with Crippen molar-refractivity contribution in [2.75, 3.05) is 18.5 Å². The lowest BCUT2D eigenvalue weighted by atomic mass is 10.3. The van der Waals surface area contributed by atoms with Gasteiger partial charge in [0.15, 0.2) is 6.61 Å². The van der Waals surface area contributed by atoms with E-state index in [1.807, 2.05) is 0 Å². The summed E-state index contributed by atoms with van der Waals surface area (Å²) in [6.45, 7) is -1.67. The molecule has 1 aromatic carbocycles. The zero-order valence-electron chi connectivity index (χ0n) is 8.75. The average Bonchev–Trinajstić information content (AvgIpc) is 2.26. The van der Waals surface area contributed by atoms with Gasteiger partial charge in [-0.15, -0.1) is 0 Å². The Hall–Kier alpha value is -1.76. The van der Waals surface area contributed by atoms with Crippen LogP contribution in [-0.4, -0.2) is 25.2 Å². The van der Waals surface area contributed by atoms with E-state index < -0.39 is 18.7 Å². The van der Waals surface area contributed by atoms with Crippen LogP contribution in [0.4, 0.5) is 18.9 Å². The normalized spacial score (nSPS) is 11.0. The molecule has 0 radical (unpaired) electrons. The fourth-order valence-electron chi connectivity index (χ4n) is 0.973. The number of anilines is 1. The van der Waals surface area contributed by atoms with Gasteiger partial charge in [-0.1, -0.05) is 18.2 Å². The minimum Gasteiger partial charge on any atom is -0.376 e. The molecule has 0 aliphatic heterocycles. The standard InChI is InChI=1S/C10H11F3N2O2/c11-10(12,13)7-17-15-9(16)6-14-8-4-2-1-3-5-8/h1-5,14H,6-7H2,(H,15,16). The van der Waals surface area contributed by atoms with E-state index in [1.165, 1.54) is 0 Å². The van der Waals surface area contributed by atoms with Crippen molar-refractivity contribution in [3.63, 3.8) is 0 Å². The van der Waals surface area contributed by atoms with Gasteiger partial charge in [-0.25, -0.2) is 5.48 Å². The number of hydrogen-bond donors (Lipinski definition) is 2. The first kappa shape index (κ1) is 13.3. The lowest BCUT2D eigenvalue weighted by Crippen LogP contribution is -2.33. The number of hydroxylamine groups is 1. The molecule has 0 aromatic heterocycles. The zero-order chi connectivity index (χ0) is 12.7. The van der Waals surface area contributed by atoms with Crippen molar-refractivity contribution >= 4 is 11.6 Å². The third-order valence-electron chi connectivity index (χ3n) is 1.65. The van der Waals surface area contributed by atoms with Crippen molar-refractivity contribution in [1.29, 1.82) is 0 Å². The Labute approximate surface area is 95.7 Å².